The van der Waals surface area contributed by atoms with Crippen molar-refractivity contribution in [2.75, 3.05) is 0 Å². The Morgan fingerprint density at radius 1 is 1.38 bits per heavy atom. The number of benzene rings is 1. The topological polar surface area (TPSA) is 40.1 Å². The first-order valence-electron chi connectivity index (χ1n) is 4.05. The van der Waals surface area contributed by atoms with E-state index < -0.39 is 5.97 Å². The second kappa shape index (κ2) is 6.19. The molecular weight excluding hydrogens is 175 g/mol. The molecular formula is C10H11NaO2. The van der Waals surface area contributed by atoms with Crippen LogP contribution in [0.25, 0.3) is 0 Å². The van der Waals surface area contributed by atoms with E-state index in [0.29, 0.717) is 5.56 Å². The van der Waals surface area contributed by atoms with Crippen molar-refractivity contribution in [3.63, 3.8) is 0 Å². The van der Waals surface area contributed by atoms with Gasteiger partial charge in [-0.25, -0.2) is 0 Å². The van der Waals surface area contributed by atoms with Crippen molar-refractivity contribution in [1.82, 2.24) is 0 Å². The molecule has 3 heteroatoms. The molecule has 0 amide bonds. The summed E-state index contributed by atoms with van der Waals surface area (Å²) < 4.78 is 0. The minimum atomic E-state index is -1.08. The van der Waals surface area contributed by atoms with Crippen LogP contribution in [0.1, 0.15) is 29.3 Å². The molecule has 0 aliphatic heterocycles. The zero-order chi connectivity index (χ0) is 8.97. The van der Waals surface area contributed by atoms with Gasteiger partial charge in [-0.05, 0) is 12.0 Å². The van der Waals surface area contributed by atoms with Gasteiger partial charge in [-0.2, -0.15) is 0 Å². The third-order valence-electron chi connectivity index (χ3n) is 1.76. The molecule has 0 N–H and O–H groups in total. The Bertz CT molecular complexity index is 284. The fraction of sp³-hybridized carbons (Fsp3) is 0.300. The number of hydrogen-bond donors (Lipinski definition) is 0. The molecule has 0 heterocycles. The summed E-state index contributed by atoms with van der Waals surface area (Å²) in [6, 6.07) is 6.97. The monoisotopic (exact) mass is 186 g/mol. The molecule has 0 saturated heterocycles. The number of carbonyl (C=O) groups is 1. The summed E-state index contributed by atoms with van der Waals surface area (Å²) in [6.45, 7) is 2.02. The molecule has 0 unspecified atom stereocenters. The molecule has 0 aliphatic rings. The van der Waals surface area contributed by atoms with E-state index in [2.05, 4.69) is 0 Å². The van der Waals surface area contributed by atoms with E-state index >= 15 is 0 Å². The van der Waals surface area contributed by atoms with Crippen LogP contribution < -0.4 is 34.7 Å². The van der Waals surface area contributed by atoms with Gasteiger partial charge in [-0.3, -0.25) is 0 Å². The van der Waals surface area contributed by atoms with Crippen molar-refractivity contribution in [3.05, 3.63) is 35.4 Å². The number of carbonyl (C=O) groups excluding carboxylic acids is 1. The molecule has 0 atom stereocenters. The Hall–Kier alpha value is -0.310. The maximum atomic E-state index is 10.6. The predicted molar refractivity (Wildman–Crippen MR) is 44.8 cm³/mol. The maximum absolute atomic E-state index is 10.6. The number of hydrogen-bond acceptors (Lipinski definition) is 2. The van der Waals surface area contributed by atoms with E-state index in [9.17, 15) is 9.90 Å². The predicted octanol–water partition coefficient (Wildman–Crippen LogP) is -1.99. The third kappa shape index (κ3) is 3.51. The first-order chi connectivity index (χ1) is 5.75. The summed E-state index contributed by atoms with van der Waals surface area (Å²) in [5.74, 6) is -1.08. The van der Waals surface area contributed by atoms with Gasteiger partial charge in [0.25, 0.3) is 0 Å². The van der Waals surface area contributed by atoms with E-state index in [4.69, 9.17) is 0 Å². The minimum absolute atomic E-state index is 0. The van der Waals surface area contributed by atoms with Crippen molar-refractivity contribution in [1.29, 1.82) is 0 Å². The minimum Gasteiger partial charge on any atom is -0.545 e. The van der Waals surface area contributed by atoms with Gasteiger partial charge in [0.2, 0.25) is 0 Å². The first-order valence-corrected chi connectivity index (χ1v) is 4.05. The van der Waals surface area contributed by atoms with Gasteiger partial charge in [0.05, 0.1) is 5.97 Å². The Balaban J connectivity index is 0.00000144. The Kier molecular flexibility index (Phi) is 6.04. The largest absolute Gasteiger partial charge is 1.00 e. The van der Waals surface area contributed by atoms with Crippen LogP contribution in [0, 0.1) is 0 Å². The van der Waals surface area contributed by atoms with Crippen LogP contribution in [0.2, 0.25) is 0 Å². The Morgan fingerprint density at radius 2 is 2.00 bits per heavy atom. The van der Waals surface area contributed by atoms with Crippen molar-refractivity contribution >= 4 is 5.97 Å². The molecule has 0 bridgehead atoms. The van der Waals surface area contributed by atoms with E-state index in [1.807, 2.05) is 19.1 Å². The SMILES string of the molecule is CCCc1ccccc1C(=O)[O-].[Na+]. The fourth-order valence-corrected chi connectivity index (χ4v) is 1.21. The quantitative estimate of drug-likeness (QED) is 0.513. The average molecular weight is 186 g/mol. The number of carboxylic acid groups (broad SMARTS) is 1. The van der Waals surface area contributed by atoms with Crippen molar-refractivity contribution < 1.29 is 39.5 Å². The van der Waals surface area contributed by atoms with Crippen LogP contribution in [0.15, 0.2) is 24.3 Å². The molecule has 0 radical (unpaired) electrons. The molecule has 0 fully saturated rings. The summed E-state index contributed by atoms with van der Waals surface area (Å²) in [7, 11) is 0. The van der Waals surface area contributed by atoms with Gasteiger partial charge in [-0.1, -0.05) is 37.6 Å². The van der Waals surface area contributed by atoms with Crippen molar-refractivity contribution in [2.24, 2.45) is 0 Å². The summed E-state index contributed by atoms with van der Waals surface area (Å²) in [5.41, 5.74) is 1.18. The molecule has 0 aromatic heterocycles. The molecule has 2 nitrogen and oxygen atoms in total. The first kappa shape index (κ1) is 12.7. The van der Waals surface area contributed by atoms with Crippen LogP contribution in [-0.4, -0.2) is 5.97 Å². The van der Waals surface area contributed by atoms with Crippen LogP contribution in [0.5, 0.6) is 0 Å². The van der Waals surface area contributed by atoms with Gasteiger partial charge in [-0.15, -0.1) is 0 Å². The van der Waals surface area contributed by atoms with E-state index in [1.54, 1.807) is 12.1 Å². The zero-order valence-electron chi connectivity index (χ0n) is 8.04. The molecule has 1 rings (SSSR count). The molecule has 0 spiro atoms. The van der Waals surface area contributed by atoms with Crippen LogP contribution >= 0.6 is 0 Å². The van der Waals surface area contributed by atoms with E-state index in [0.717, 1.165) is 18.4 Å². The second-order valence-corrected chi connectivity index (χ2v) is 2.69. The van der Waals surface area contributed by atoms with Crippen LogP contribution in [-0.2, 0) is 6.42 Å². The third-order valence-corrected chi connectivity index (χ3v) is 1.76. The number of aromatic carboxylic acids is 1. The fourth-order valence-electron chi connectivity index (χ4n) is 1.21. The molecule has 13 heavy (non-hydrogen) atoms. The molecule has 0 saturated carbocycles. The molecule has 0 aliphatic carbocycles. The standard InChI is InChI=1S/C10H12O2.Na/c1-2-5-8-6-3-4-7-9(8)10(11)12;/h3-4,6-7H,2,5H2,1H3,(H,11,12);/q;+1/p-1. The van der Waals surface area contributed by atoms with Crippen molar-refractivity contribution in [2.45, 2.75) is 19.8 Å². The molecule has 1 aromatic rings. The average Bonchev–Trinajstić information content (AvgIpc) is 2.05. The van der Waals surface area contributed by atoms with Gasteiger partial charge in [0.15, 0.2) is 0 Å². The van der Waals surface area contributed by atoms with Crippen LogP contribution in [0.3, 0.4) is 0 Å². The number of aryl methyl sites for hydroxylation is 1. The summed E-state index contributed by atoms with van der Waals surface area (Å²) in [5, 5.41) is 10.6. The van der Waals surface area contributed by atoms with Gasteiger partial charge in [0.1, 0.15) is 0 Å². The smallest absolute Gasteiger partial charge is 0.545 e. The Morgan fingerprint density at radius 3 is 2.54 bits per heavy atom. The summed E-state index contributed by atoms with van der Waals surface area (Å²) in [6.07, 6.45) is 1.74. The maximum Gasteiger partial charge on any atom is 1.00 e. The summed E-state index contributed by atoms with van der Waals surface area (Å²) >= 11 is 0. The summed E-state index contributed by atoms with van der Waals surface area (Å²) in [4.78, 5) is 10.6. The van der Waals surface area contributed by atoms with Gasteiger partial charge < -0.3 is 9.90 Å². The molecule has 1 aromatic carbocycles. The van der Waals surface area contributed by atoms with Crippen molar-refractivity contribution in [3.8, 4) is 0 Å². The van der Waals surface area contributed by atoms with Crippen LogP contribution in [0.4, 0.5) is 0 Å². The van der Waals surface area contributed by atoms with E-state index in [-0.39, 0.29) is 29.6 Å². The van der Waals surface area contributed by atoms with E-state index in [1.165, 1.54) is 0 Å². The normalized spacial score (nSPS) is 9.00. The number of carboxylic acids is 1. The zero-order valence-corrected chi connectivity index (χ0v) is 10.0. The number of rotatable bonds is 3. The van der Waals surface area contributed by atoms with Gasteiger partial charge >= 0.3 is 29.6 Å². The Labute approximate surface area is 100 Å². The van der Waals surface area contributed by atoms with Gasteiger partial charge in [0, 0.05) is 5.56 Å². The molecule has 64 valence electrons. The second-order valence-electron chi connectivity index (χ2n) is 2.69.